The summed E-state index contributed by atoms with van der Waals surface area (Å²) in [4.78, 5) is 20.2. The molecule has 0 saturated carbocycles. The number of halogens is 2. The average Bonchev–Trinajstić information content (AvgIpc) is 3.06. The van der Waals surface area contributed by atoms with E-state index in [1.165, 1.54) is 23.9 Å². The van der Waals surface area contributed by atoms with Gasteiger partial charge in [0.25, 0.3) is 5.91 Å². The summed E-state index contributed by atoms with van der Waals surface area (Å²) in [6.45, 7) is 2.45. The molecule has 1 aliphatic heterocycles. The van der Waals surface area contributed by atoms with Crippen LogP contribution in [0.3, 0.4) is 0 Å². The zero-order valence-electron chi connectivity index (χ0n) is 12.1. The second-order valence-corrected chi connectivity index (χ2v) is 8.18. The molecule has 0 N–H and O–H groups in total. The van der Waals surface area contributed by atoms with Crippen LogP contribution in [0.15, 0.2) is 50.1 Å². The molecule has 0 atom stereocenters. The quantitative estimate of drug-likeness (QED) is 0.645. The van der Waals surface area contributed by atoms with Gasteiger partial charge in [-0.1, -0.05) is 0 Å². The van der Waals surface area contributed by atoms with Crippen LogP contribution in [-0.2, 0) is 4.79 Å². The summed E-state index contributed by atoms with van der Waals surface area (Å²) in [5.74, 6) is -0.358. The fourth-order valence-corrected chi connectivity index (χ4v) is 4.53. The largest absolute Gasteiger partial charge is 0.287 e. The molecule has 1 aromatic carbocycles. The fourth-order valence-electron chi connectivity index (χ4n) is 2.03. The van der Waals surface area contributed by atoms with Gasteiger partial charge < -0.3 is 0 Å². The Morgan fingerprint density at radius 2 is 2.00 bits per heavy atom. The summed E-state index contributed by atoms with van der Waals surface area (Å²) in [5, 5.41) is 0.617. The van der Waals surface area contributed by atoms with Crippen molar-refractivity contribution >= 4 is 61.9 Å². The highest BCUT2D eigenvalue weighted by Crippen LogP contribution is 2.35. The second kappa shape index (κ2) is 6.98. The minimum atomic E-state index is -0.305. The molecule has 0 radical (unpaired) electrons. The molecule has 1 aliphatic rings. The molecule has 2 aromatic rings. The highest BCUT2D eigenvalue weighted by molar-refractivity contribution is 9.11. The predicted molar refractivity (Wildman–Crippen MR) is 98.5 cm³/mol. The van der Waals surface area contributed by atoms with E-state index in [0.29, 0.717) is 22.3 Å². The Labute approximate surface area is 150 Å². The van der Waals surface area contributed by atoms with Crippen molar-refractivity contribution in [2.45, 2.75) is 6.92 Å². The van der Waals surface area contributed by atoms with Crippen LogP contribution in [0.1, 0.15) is 11.8 Å². The van der Waals surface area contributed by atoms with Gasteiger partial charge in [-0.3, -0.25) is 9.69 Å². The Kier molecular flexibility index (Phi) is 4.99. The van der Waals surface area contributed by atoms with Crippen LogP contribution >= 0.6 is 39.0 Å². The van der Waals surface area contributed by atoms with E-state index in [1.807, 2.05) is 25.1 Å². The number of hydrogen-bond acceptors (Lipinski definition) is 4. The number of hydrogen-bond donors (Lipinski definition) is 0. The summed E-state index contributed by atoms with van der Waals surface area (Å²) < 4.78 is 14.0. The van der Waals surface area contributed by atoms with Gasteiger partial charge in [0.15, 0.2) is 5.17 Å². The van der Waals surface area contributed by atoms with Crippen LogP contribution in [0.2, 0.25) is 0 Å². The van der Waals surface area contributed by atoms with Gasteiger partial charge in [0.05, 0.1) is 14.4 Å². The number of rotatable bonds is 3. The first-order valence-corrected chi connectivity index (χ1v) is 9.30. The van der Waals surface area contributed by atoms with Crippen LogP contribution < -0.4 is 0 Å². The smallest absolute Gasteiger partial charge is 0.266 e. The van der Waals surface area contributed by atoms with Gasteiger partial charge in [0.2, 0.25) is 0 Å². The number of likely N-dealkylation sites (N-methyl/N-ethyl adjacent to an activating group) is 1. The van der Waals surface area contributed by atoms with Crippen molar-refractivity contribution in [1.82, 2.24) is 4.90 Å². The molecule has 1 fully saturated rings. The van der Waals surface area contributed by atoms with Crippen molar-refractivity contribution in [1.29, 1.82) is 0 Å². The first-order chi connectivity index (χ1) is 11.1. The Balaban J connectivity index is 1.91. The molecule has 0 bridgehead atoms. The van der Waals surface area contributed by atoms with Crippen LogP contribution in [0.5, 0.6) is 0 Å². The molecule has 23 heavy (non-hydrogen) atoms. The molecule has 1 amide bonds. The second-order valence-electron chi connectivity index (χ2n) is 4.67. The first kappa shape index (κ1) is 16.4. The third kappa shape index (κ3) is 3.73. The standard InChI is InChI=1S/C16H12BrFN2OS2/c1-2-20-15(21)13(9-12-7-8-14(17)22-12)23-16(20)19-11-5-3-10(18)4-6-11/h3-9H,2H2,1H3/b13-9+,19-16?. The third-order valence-electron chi connectivity index (χ3n) is 3.12. The SMILES string of the molecule is CCN1C(=O)/C(=C\c2ccc(Br)s2)SC1=Nc1ccc(F)cc1. The number of aliphatic imine (C=N–C) groups is 1. The number of thiophene rings is 1. The number of carbonyl (C=O) groups is 1. The molecule has 2 heterocycles. The average molecular weight is 411 g/mol. The minimum absolute atomic E-state index is 0.0529. The van der Waals surface area contributed by atoms with Crippen LogP contribution in [-0.4, -0.2) is 22.5 Å². The zero-order valence-corrected chi connectivity index (χ0v) is 15.3. The maximum atomic E-state index is 13.0. The fraction of sp³-hybridized carbons (Fsp3) is 0.125. The van der Waals surface area contributed by atoms with E-state index in [4.69, 9.17) is 0 Å². The molecular formula is C16H12BrFN2OS2. The molecule has 0 unspecified atom stereocenters. The monoisotopic (exact) mass is 410 g/mol. The molecular weight excluding hydrogens is 399 g/mol. The highest BCUT2D eigenvalue weighted by Gasteiger charge is 2.32. The number of carbonyl (C=O) groups excluding carboxylic acids is 1. The number of benzene rings is 1. The van der Waals surface area contributed by atoms with Gasteiger partial charge in [-0.05, 0) is 77.1 Å². The summed E-state index contributed by atoms with van der Waals surface area (Å²) in [7, 11) is 0. The summed E-state index contributed by atoms with van der Waals surface area (Å²) in [5.41, 5.74) is 0.625. The van der Waals surface area contributed by atoms with Crippen molar-refractivity contribution in [3.05, 3.63) is 55.8 Å². The highest BCUT2D eigenvalue weighted by atomic mass is 79.9. The van der Waals surface area contributed by atoms with Crippen LogP contribution in [0.25, 0.3) is 6.08 Å². The van der Waals surface area contributed by atoms with Gasteiger partial charge in [-0.15, -0.1) is 11.3 Å². The topological polar surface area (TPSA) is 32.7 Å². The number of nitrogens with zero attached hydrogens (tertiary/aromatic N) is 2. The number of amides is 1. The van der Waals surface area contributed by atoms with Crippen LogP contribution in [0.4, 0.5) is 10.1 Å². The van der Waals surface area contributed by atoms with Crippen molar-refractivity contribution in [3.8, 4) is 0 Å². The van der Waals surface area contributed by atoms with E-state index in [2.05, 4.69) is 20.9 Å². The van der Waals surface area contributed by atoms with Gasteiger partial charge >= 0.3 is 0 Å². The van der Waals surface area contributed by atoms with E-state index in [-0.39, 0.29) is 11.7 Å². The molecule has 0 spiro atoms. The van der Waals surface area contributed by atoms with Crippen molar-refractivity contribution in [2.24, 2.45) is 4.99 Å². The van der Waals surface area contributed by atoms with Gasteiger partial charge in [-0.2, -0.15) is 0 Å². The van der Waals surface area contributed by atoms with E-state index in [0.717, 1.165) is 8.66 Å². The van der Waals surface area contributed by atoms with E-state index in [1.54, 1.807) is 28.4 Å². The third-order valence-corrected chi connectivity index (χ3v) is 5.70. The Morgan fingerprint density at radius 3 is 2.61 bits per heavy atom. The molecule has 0 aliphatic carbocycles. The summed E-state index contributed by atoms with van der Waals surface area (Å²) in [6, 6.07) is 9.82. The molecule has 118 valence electrons. The summed E-state index contributed by atoms with van der Waals surface area (Å²) >= 11 is 6.32. The molecule has 3 nitrogen and oxygen atoms in total. The molecule has 3 rings (SSSR count). The molecule has 7 heteroatoms. The van der Waals surface area contributed by atoms with E-state index < -0.39 is 0 Å². The van der Waals surface area contributed by atoms with Gasteiger partial charge in [0.1, 0.15) is 5.82 Å². The molecule has 1 saturated heterocycles. The Bertz CT molecular complexity index is 799. The zero-order chi connectivity index (χ0) is 16.4. The lowest BCUT2D eigenvalue weighted by Crippen LogP contribution is -2.28. The Morgan fingerprint density at radius 1 is 1.26 bits per heavy atom. The number of amidine groups is 1. The summed E-state index contributed by atoms with van der Waals surface area (Å²) in [6.07, 6.45) is 1.87. The van der Waals surface area contributed by atoms with E-state index >= 15 is 0 Å². The van der Waals surface area contributed by atoms with Gasteiger partial charge in [0, 0.05) is 11.4 Å². The molecule has 1 aromatic heterocycles. The predicted octanol–water partition coefficient (Wildman–Crippen LogP) is 5.27. The maximum Gasteiger partial charge on any atom is 0.266 e. The first-order valence-electron chi connectivity index (χ1n) is 6.88. The van der Waals surface area contributed by atoms with Crippen molar-refractivity contribution < 1.29 is 9.18 Å². The van der Waals surface area contributed by atoms with Crippen molar-refractivity contribution in [3.63, 3.8) is 0 Å². The normalized spacial score (nSPS) is 18.4. The number of thioether (sulfide) groups is 1. The van der Waals surface area contributed by atoms with E-state index in [9.17, 15) is 9.18 Å². The minimum Gasteiger partial charge on any atom is -0.287 e. The maximum absolute atomic E-state index is 13.0. The lowest BCUT2D eigenvalue weighted by atomic mass is 10.3. The lowest BCUT2D eigenvalue weighted by Gasteiger charge is -2.11. The Hall–Kier alpha value is -1.44. The van der Waals surface area contributed by atoms with Crippen LogP contribution in [0, 0.1) is 5.82 Å². The lowest BCUT2D eigenvalue weighted by molar-refractivity contribution is -0.122. The van der Waals surface area contributed by atoms with Crippen molar-refractivity contribution in [2.75, 3.05) is 6.54 Å². The van der Waals surface area contributed by atoms with Gasteiger partial charge in [-0.25, -0.2) is 9.38 Å².